The second-order valence-electron chi connectivity index (χ2n) is 8.92. The van der Waals surface area contributed by atoms with Crippen molar-refractivity contribution in [2.24, 2.45) is 5.92 Å². The van der Waals surface area contributed by atoms with E-state index in [4.69, 9.17) is 4.74 Å². The van der Waals surface area contributed by atoms with Crippen LogP contribution in [0.3, 0.4) is 0 Å². The third-order valence-electron chi connectivity index (χ3n) is 6.57. The maximum atomic E-state index is 13.0. The van der Waals surface area contributed by atoms with Crippen molar-refractivity contribution in [2.75, 3.05) is 4.90 Å². The van der Waals surface area contributed by atoms with Crippen LogP contribution in [0.5, 0.6) is 0 Å². The van der Waals surface area contributed by atoms with Gasteiger partial charge >= 0.3 is 5.97 Å². The van der Waals surface area contributed by atoms with Crippen LogP contribution in [0.25, 0.3) is 0 Å². The van der Waals surface area contributed by atoms with E-state index in [0.29, 0.717) is 11.6 Å². The van der Waals surface area contributed by atoms with Gasteiger partial charge < -0.3 is 10.1 Å². The molecule has 2 aliphatic rings. The van der Waals surface area contributed by atoms with E-state index < -0.39 is 23.9 Å². The Kier molecular flexibility index (Phi) is 6.31. The number of carbonyl (C=O) groups excluding carboxylic acids is 4. The molecule has 1 aliphatic heterocycles. The molecule has 7 nitrogen and oxygen atoms in total. The van der Waals surface area contributed by atoms with Gasteiger partial charge in [-0.1, -0.05) is 38.0 Å². The summed E-state index contributed by atoms with van der Waals surface area (Å²) in [6.07, 6.45) is 3.26. The van der Waals surface area contributed by atoms with E-state index in [2.05, 4.69) is 12.2 Å². The number of nitrogens with zero attached hydrogens (tertiary/aromatic N) is 1. The molecule has 3 atom stereocenters. The lowest BCUT2D eigenvalue weighted by molar-refractivity contribution is -0.130. The Hall–Kier alpha value is -3.48. The zero-order chi connectivity index (χ0) is 23.7. The minimum Gasteiger partial charge on any atom is -0.449 e. The van der Waals surface area contributed by atoms with E-state index in [1.807, 2.05) is 19.1 Å². The van der Waals surface area contributed by atoms with Gasteiger partial charge in [0.25, 0.3) is 17.7 Å². The first-order chi connectivity index (χ1) is 15.8. The van der Waals surface area contributed by atoms with E-state index in [9.17, 15) is 19.2 Å². The van der Waals surface area contributed by atoms with Crippen molar-refractivity contribution in [3.8, 4) is 0 Å². The number of benzene rings is 2. The van der Waals surface area contributed by atoms with Gasteiger partial charge in [-0.2, -0.15) is 0 Å². The van der Waals surface area contributed by atoms with Gasteiger partial charge in [0.1, 0.15) is 0 Å². The molecule has 1 heterocycles. The molecule has 2 aromatic rings. The largest absolute Gasteiger partial charge is 0.449 e. The number of amides is 3. The van der Waals surface area contributed by atoms with Gasteiger partial charge in [0, 0.05) is 6.04 Å². The molecule has 33 heavy (non-hydrogen) atoms. The number of hydrogen-bond acceptors (Lipinski definition) is 5. The average Bonchev–Trinajstić information content (AvgIpc) is 3.05. The number of fused-ring (bicyclic) bond motifs is 1. The van der Waals surface area contributed by atoms with Crippen LogP contribution in [-0.4, -0.2) is 35.8 Å². The summed E-state index contributed by atoms with van der Waals surface area (Å²) < 4.78 is 5.37. The number of para-hydroxylation sites is 1. The summed E-state index contributed by atoms with van der Waals surface area (Å²) in [6, 6.07) is 11.5. The highest BCUT2D eigenvalue weighted by Gasteiger charge is 2.38. The highest BCUT2D eigenvalue weighted by molar-refractivity contribution is 6.34. The molecule has 0 unspecified atom stereocenters. The summed E-state index contributed by atoms with van der Waals surface area (Å²) in [5, 5.41) is 2.99. The molecule has 1 fully saturated rings. The van der Waals surface area contributed by atoms with Crippen molar-refractivity contribution in [1.82, 2.24) is 5.32 Å². The van der Waals surface area contributed by atoms with E-state index >= 15 is 0 Å². The van der Waals surface area contributed by atoms with Crippen molar-refractivity contribution in [3.63, 3.8) is 0 Å². The lowest BCUT2D eigenvalue weighted by atomic mass is 9.86. The van der Waals surface area contributed by atoms with Gasteiger partial charge in [0.2, 0.25) is 0 Å². The molecule has 1 N–H and O–H groups in total. The number of nitrogens with one attached hydrogen (secondary N) is 1. The Morgan fingerprint density at radius 2 is 1.73 bits per heavy atom. The Bertz CT molecular complexity index is 1130. The SMILES string of the molecule is Cc1ccccc1N1C(=O)c2ccc(C(=O)O[C@H](C)C(=O)N[C@@H]3CCCC[C@@H]3C)cc2C1=O. The highest BCUT2D eigenvalue weighted by atomic mass is 16.5. The highest BCUT2D eigenvalue weighted by Crippen LogP contribution is 2.31. The molecule has 4 rings (SSSR count). The van der Waals surface area contributed by atoms with Crippen LogP contribution < -0.4 is 10.2 Å². The maximum Gasteiger partial charge on any atom is 0.338 e. The van der Waals surface area contributed by atoms with Crippen molar-refractivity contribution < 1.29 is 23.9 Å². The summed E-state index contributed by atoms with van der Waals surface area (Å²) >= 11 is 0. The quantitative estimate of drug-likeness (QED) is 0.551. The first kappa shape index (κ1) is 22.7. The average molecular weight is 449 g/mol. The van der Waals surface area contributed by atoms with E-state index in [0.717, 1.165) is 29.7 Å². The van der Waals surface area contributed by atoms with Crippen LogP contribution >= 0.6 is 0 Å². The molecule has 2 aromatic carbocycles. The van der Waals surface area contributed by atoms with E-state index in [-0.39, 0.29) is 28.6 Å². The molecule has 1 aliphatic carbocycles. The van der Waals surface area contributed by atoms with E-state index in [1.54, 1.807) is 12.1 Å². The monoisotopic (exact) mass is 448 g/mol. The van der Waals surface area contributed by atoms with Crippen LogP contribution in [-0.2, 0) is 9.53 Å². The fraction of sp³-hybridized carbons (Fsp3) is 0.385. The molecule has 3 amide bonds. The molecule has 0 spiro atoms. The number of imide groups is 1. The zero-order valence-electron chi connectivity index (χ0n) is 19.1. The number of aryl methyl sites for hydroxylation is 1. The van der Waals surface area contributed by atoms with Gasteiger partial charge in [-0.05, 0) is 62.4 Å². The fourth-order valence-electron chi connectivity index (χ4n) is 4.51. The second-order valence-corrected chi connectivity index (χ2v) is 8.92. The summed E-state index contributed by atoms with van der Waals surface area (Å²) in [5.41, 5.74) is 1.80. The van der Waals surface area contributed by atoms with Crippen molar-refractivity contribution in [3.05, 3.63) is 64.7 Å². The second kappa shape index (κ2) is 9.17. The Morgan fingerprint density at radius 1 is 1.03 bits per heavy atom. The topological polar surface area (TPSA) is 92.8 Å². The van der Waals surface area contributed by atoms with Crippen LogP contribution in [0.2, 0.25) is 0 Å². The number of ether oxygens (including phenoxy) is 1. The minimum absolute atomic E-state index is 0.0865. The van der Waals surface area contributed by atoms with Crippen molar-refractivity contribution in [2.45, 2.75) is 58.6 Å². The lowest BCUT2D eigenvalue weighted by Gasteiger charge is -2.30. The van der Waals surface area contributed by atoms with Crippen LogP contribution in [0.15, 0.2) is 42.5 Å². The van der Waals surface area contributed by atoms with Gasteiger partial charge in [0.05, 0.1) is 22.4 Å². The zero-order valence-corrected chi connectivity index (χ0v) is 19.1. The normalized spacial score (nSPS) is 20.9. The van der Waals surface area contributed by atoms with Gasteiger partial charge in [-0.15, -0.1) is 0 Å². The van der Waals surface area contributed by atoms with E-state index in [1.165, 1.54) is 31.5 Å². The van der Waals surface area contributed by atoms with Crippen LogP contribution in [0.1, 0.15) is 76.2 Å². The standard InChI is InChI=1S/C26H28N2O5/c1-15-8-4-6-10-21(15)27-23(29)17(3)33-26(32)18-12-13-19-20(14-18)25(31)28(24(19)30)22-11-7-5-9-16(22)2/h5,7,9,11-15,17,21H,4,6,8,10H2,1-3H3,(H,27,29)/t15-,17+,21+/m0/s1. The summed E-state index contributed by atoms with van der Waals surface area (Å²) in [6.45, 7) is 5.47. The Labute approximate surface area is 193 Å². The van der Waals surface area contributed by atoms with Crippen molar-refractivity contribution >= 4 is 29.4 Å². The molecule has 0 aromatic heterocycles. The number of carbonyl (C=O) groups is 4. The number of anilines is 1. The first-order valence-electron chi connectivity index (χ1n) is 11.4. The number of rotatable bonds is 5. The smallest absolute Gasteiger partial charge is 0.338 e. The van der Waals surface area contributed by atoms with Crippen molar-refractivity contribution in [1.29, 1.82) is 0 Å². The van der Waals surface area contributed by atoms with Gasteiger partial charge in [-0.3, -0.25) is 14.4 Å². The molecule has 0 saturated heterocycles. The fourth-order valence-corrected chi connectivity index (χ4v) is 4.51. The molecule has 0 radical (unpaired) electrons. The predicted molar refractivity (Wildman–Crippen MR) is 123 cm³/mol. The molecule has 172 valence electrons. The Morgan fingerprint density at radius 3 is 2.45 bits per heavy atom. The molecular weight excluding hydrogens is 420 g/mol. The third-order valence-corrected chi connectivity index (χ3v) is 6.57. The molecule has 1 saturated carbocycles. The Balaban J connectivity index is 1.47. The number of hydrogen-bond donors (Lipinski definition) is 1. The van der Waals surface area contributed by atoms with Crippen LogP contribution in [0, 0.1) is 12.8 Å². The summed E-state index contributed by atoms with van der Waals surface area (Å²) in [7, 11) is 0. The van der Waals surface area contributed by atoms with Gasteiger partial charge in [0.15, 0.2) is 6.10 Å². The number of esters is 1. The van der Waals surface area contributed by atoms with Crippen LogP contribution in [0.4, 0.5) is 5.69 Å². The minimum atomic E-state index is -0.972. The third kappa shape index (κ3) is 4.40. The molecule has 0 bridgehead atoms. The maximum absolute atomic E-state index is 13.0. The summed E-state index contributed by atoms with van der Waals surface area (Å²) in [4.78, 5) is 52.2. The first-order valence-corrected chi connectivity index (χ1v) is 11.4. The molecule has 7 heteroatoms. The lowest BCUT2D eigenvalue weighted by Crippen LogP contribution is -2.46. The predicted octanol–water partition coefficient (Wildman–Crippen LogP) is 4.04. The summed E-state index contributed by atoms with van der Waals surface area (Å²) in [5.74, 6) is -1.58. The molecular formula is C26H28N2O5. The van der Waals surface area contributed by atoms with Gasteiger partial charge in [-0.25, -0.2) is 9.69 Å².